The first-order chi connectivity index (χ1) is 17.4. The average molecular weight is 508 g/mol. The molecule has 1 heterocycles. The molecule has 0 saturated carbocycles. The number of nitrogens with one attached hydrogen (secondary N) is 2. The molecular formula is C27H29N3O5S. The van der Waals surface area contributed by atoms with Crippen LogP contribution in [0, 0.1) is 6.92 Å². The molecule has 0 aliphatic heterocycles. The molecule has 2 N–H and O–H groups in total. The highest BCUT2D eigenvalue weighted by molar-refractivity contribution is 7.91. The number of rotatable bonds is 9. The average Bonchev–Trinajstić information content (AvgIpc) is 3.16. The van der Waals surface area contributed by atoms with Crippen molar-refractivity contribution in [3.8, 4) is 11.5 Å². The largest absolute Gasteiger partial charge is 0.494 e. The van der Waals surface area contributed by atoms with E-state index in [0.29, 0.717) is 39.7 Å². The van der Waals surface area contributed by atoms with Gasteiger partial charge >= 0.3 is 6.03 Å². The van der Waals surface area contributed by atoms with Gasteiger partial charge in [-0.05, 0) is 30.7 Å². The molecular weight excluding hydrogens is 478 g/mol. The van der Waals surface area contributed by atoms with Crippen molar-refractivity contribution >= 4 is 32.5 Å². The fourth-order valence-electron chi connectivity index (χ4n) is 4.29. The Morgan fingerprint density at radius 2 is 1.53 bits per heavy atom. The molecule has 1 aromatic heterocycles. The second kappa shape index (κ2) is 10.7. The Bertz CT molecular complexity index is 1460. The van der Waals surface area contributed by atoms with Crippen LogP contribution in [0.15, 0.2) is 77.7 Å². The summed E-state index contributed by atoms with van der Waals surface area (Å²) in [5.41, 5.74) is 2.97. The number of anilines is 1. The van der Waals surface area contributed by atoms with E-state index in [1.165, 1.54) is 14.2 Å². The van der Waals surface area contributed by atoms with Crippen LogP contribution < -0.4 is 20.1 Å². The van der Waals surface area contributed by atoms with Gasteiger partial charge in [0.1, 0.15) is 17.2 Å². The van der Waals surface area contributed by atoms with E-state index in [9.17, 15) is 13.2 Å². The molecule has 188 valence electrons. The highest BCUT2D eigenvalue weighted by Gasteiger charge is 2.25. The zero-order valence-corrected chi connectivity index (χ0v) is 21.3. The summed E-state index contributed by atoms with van der Waals surface area (Å²) in [4.78, 5) is 12.8. The zero-order valence-electron chi connectivity index (χ0n) is 20.4. The van der Waals surface area contributed by atoms with Gasteiger partial charge in [-0.25, -0.2) is 13.2 Å². The van der Waals surface area contributed by atoms with Crippen LogP contribution in [0.2, 0.25) is 0 Å². The van der Waals surface area contributed by atoms with Crippen molar-refractivity contribution in [1.82, 2.24) is 9.88 Å². The smallest absolute Gasteiger partial charge is 0.319 e. The summed E-state index contributed by atoms with van der Waals surface area (Å²) in [5.74, 6) is 0.613. The van der Waals surface area contributed by atoms with Crippen molar-refractivity contribution in [2.45, 2.75) is 18.4 Å². The lowest BCUT2D eigenvalue weighted by Crippen LogP contribution is -2.33. The molecule has 0 aliphatic carbocycles. The minimum atomic E-state index is -3.70. The highest BCUT2D eigenvalue weighted by atomic mass is 32.2. The Labute approximate surface area is 210 Å². The molecule has 0 aliphatic rings. The van der Waals surface area contributed by atoms with Crippen LogP contribution >= 0.6 is 0 Å². The fourth-order valence-corrected chi connectivity index (χ4v) is 5.94. The van der Waals surface area contributed by atoms with Gasteiger partial charge in [-0.1, -0.05) is 54.6 Å². The Morgan fingerprint density at radius 3 is 2.19 bits per heavy atom. The third kappa shape index (κ3) is 5.16. The minimum absolute atomic E-state index is 0.0662. The number of sulfone groups is 1. The molecule has 36 heavy (non-hydrogen) atoms. The standard InChI is InChI=1S/C27H29N3O5S/c1-19-26(21-12-7-8-13-22(21)30(19)18-20-10-5-4-6-11-20)36(32,33)17-16-28-27(31)29-25-23(34-2)14-9-15-24(25)35-3/h4-15H,16-18H2,1-3H3,(H2,28,29,31). The normalized spacial score (nSPS) is 11.3. The molecule has 0 spiro atoms. The summed E-state index contributed by atoms with van der Waals surface area (Å²) in [5, 5.41) is 5.98. The quantitative estimate of drug-likeness (QED) is 0.345. The van der Waals surface area contributed by atoms with E-state index in [4.69, 9.17) is 9.47 Å². The van der Waals surface area contributed by atoms with E-state index in [1.54, 1.807) is 18.2 Å². The summed E-state index contributed by atoms with van der Waals surface area (Å²) in [6.45, 7) is 2.32. The number of fused-ring (bicyclic) bond motifs is 1. The number of carbonyl (C=O) groups is 1. The Hall–Kier alpha value is -3.98. The highest BCUT2D eigenvalue weighted by Crippen LogP contribution is 2.34. The van der Waals surface area contributed by atoms with Crippen molar-refractivity contribution < 1.29 is 22.7 Å². The van der Waals surface area contributed by atoms with Crippen LogP contribution in [0.5, 0.6) is 11.5 Å². The lowest BCUT2D eigenvalue weighted by molar-refractivity contribution is 0.252. The molecule has 8 nitrogen and oxygen atoms in total. The molecule has 4 aromatic rings. The maximum Gasteiger partial charge on any atom is 0.319 e. The second-order valence-electron chi connectivity index (χ2n) is 8.24. The first-order valence-corrected chi connectivity index (χ1v) is 13.1. The van der Waals surface area contributed by atoms with E-state index in [1.807, 2.05) is 66.1 Å². The minimum Gasteiger partial charge on any atom is -0.494 e. The Morgan fingerprint density at radius 1 is 0.889 bits per heavy atom. The SMILES string of the molecule is COc1cccc(OC)c1NC(=O)NCCS(=O)(=O)c1c(C)n(Cc2ccccc2)c2ccccc12. The summed E-state index contributed by atoms with van der Waals surface area (Å²) in [6.07, 6.45) is 0. The van der Waals surface area contributed by atoms with E-state index in [2.05, 4.69) is 10.6 Å². The van der Waals surface area contributed by atoms with Crippen LogP contribution in [0.1, 0.15) is 11.3 Å². The van der Waals surface area contributed by atoms with Crippen molar-refractivity contribution in [3.63, 3.8) is 0 Å². The molecule has 3 aromatic carbocycles. The van der Waals surface area contributed by atoms with Gasteiger partial charge in [0.15, 0.2) is 9.84 Å². The fraction of sp³-hybridized carbons (Fsp3) is 0.222. The monoisotopic (exact) mass is 507 g/mol. The van der Waals surface area contributed by atoms with Crippen LogP contribution in [-0.4, -0.2) is 45.5 Å². The Balaban J connectivity index is 1.52. The van der Waals surface area contributed by atoms with E-state index < -0.39 is 15.9 Å². The lowest BCUT2D eigenvalue weighted by atomic mass is 10.2. The second-order valence-corrected chi connectivity index (χ2v) is 10.3. The number of hydrogen-bond acceptors (Lipinski definition) is 5. The number of amides is 2. The van der Waals surface area contributed by atoms with Crippen molar-refractivity contribution in [2.24, 2.45) is 0 Å². The summed E-state index contributed by atoms with van der Waals surface area (Å²) in [6, 6.07) is 22.0. The summed E-state index contributed by atoms with van der Waals surface area (Å²) >= 11 is 0. The van der Waals surface area contributed by atoms with Crippen molar-refractivity contribution in [3.05, 3.63) is 84.1 Å². The number of ether oxygens (including phenoxy) is 2. The van der Waals surface area contributed by atoms with Gasteiger partial charge in [0.05, 0.1) is 24.9 Å². The molecule has 0 bridgehead atoms. The van der Waals surface area contributed by atoms with E-state index in [-0.39, 0.29) is 12.3 Å². The number of nitrogens with zero attached hydrogens (tertiary/aromatic N) is 1. The predicted octanol–water partition coefficient (Wildman–Crippen LogP) is 4.61. The van der Waals surface area contributed by atoms with Gasteiger partial charge in [-0.3, -0.25) is 0 Å². The number of para-hydroxylation sites is 2. The number of urea groups is 1. The Kier molecular flexibility index (Phi) is 7.49. The number of aromatic nitrogens is 1. The summed E-state index contributed by atoms with van der Waals surface area (Å²) in [7, 11) is -0.722. The van der Waals surface area contributed by atoms with Gasteiger partial charge in [-0.15, -0.1) is 0 Å². The first kappa shape index (κ1) is 25.1. The van der Waals surface area contributed by atoms with Crippen molar-refractivity contribution in [2.75, 3.05) is 31.8 Å². The molecule has 0 unspecified atom stereocenters. The molecule has 0 atom stereocenters. The number of benzene rings is 3. The van der Waals surface area contributed by atoms with E-state index in [0.717, 1.165) is 11.1 Å². The molecule has 4 rings (SSSR count). The van der Waals surface area contributed by atoms with Crippen LogP contribution in [0.4, 0.5) is 10.5 Å². The molecule has 0 saturated heterocycles. The zero-order chi connectivity index (χ0) is 25.7. The molecule has 0 radical (unpaired) electrons. The molecule has 0 fully saturated rings. The third-order valence-corrected chi connectivity index (χ3v) is 7.87. The lowest BCUT2D eigenvalue weighted by Gasteiger charge is -2.14. The van der Waals surface area contributed by atoms with Gasteiger partial charge in [0, 0.05) is 29.7 Å². The van der Waals surface area contributed by atoms with Gasteiger partial charge in [-0.2, -0.15) is 0 Å². The van der Waals surface area contributed by atoms with Gasteiger partial charge in [0.25, 0.3) is 0 Å². The van der Waals surface area contributed by atoms with Gasteiger partial charge < -0.3 is 24.7 Å². The number of carbonyl (C=O) groups excluding carboxylic acids is 1. The van der Waals surface area contributed by atoms with Gasteiger partial charge in [0.2, 0.25) is 0 Å². The maximum atomic E-state index is 13.4. The predicted molar refractivity (Wildman–Crippen MR) is 141 cm³/mol. The summed E-state index contributed by atoms with van der Waals surface area (Å²) < 4.78 is 39.5. The van der Waals surface area contributed by atoms with Crippen LogP contribution in [0.25, 0.3) is 10.9 Å². The topological polar surface area (TPSA) is 98.7 Å². The number of methoxy groups -OCH3 is 2. The molecule has 9 heteroatoms. The molecule has 2 amide bonds. The third-order valence-electron chi connectivity index (χ3n) is 5.99. The van der Waals surface area contributed by atoms with E-state index >= 15 is 0 Å². The maximum absolute atomic E-state index is 13.4. The van der Waals surface area contributed by atoms with Crippen molar-refractivity contribution in [1.29, 1.82) is 0 Å². The van der Waals surface area contributed by atoms with Crippen LogP contribution in [0.3, 0.4) is 0 Å². The first-order valence-electron chi connectivity index (χ1n) is 11.5. The number of hydrogen-bond donors (Lipinski definition) is 2. The van der Waals surface area contributed by atoms with Crippen LogP contribution in [-0.2, 0) is 16.4 Å².